The number of anilines is 1. The van der Waals surface area contributed by atoms with E-state index in [4.69, 9.17) is 4.98 Å². The average molecular weight is 446 g/mol. The lowest BCUT2D eigenvalue weighted by Gasteiger charge is -2.46. The molecule has 2 N–H and O–H groups in total. The molecular weight excluding hydrogens is 418 g/mol. The Bertz CT molecular complexity index is 1360. The predicted molar refractivity (Wildman–Crippen MR) is 130 cm³/mol. The molecule has 5 rings (SSSR count). The number of benzene rings is 1. The molecule has 1 aromatic carbocycles. The van der Waals surface area contributed by atoms with Crippen molar-refractivity contribution in [2.75, 3.05) is 5.32 Å². The van der Waals surface area contributed by atoms with Crippen LogP contribution in [0.1, 0.15) is 46.1 Å². The summed E-state index contributed by atoms with van der Waals surface area (Å²) in [5.41, 5.74) is 4.06. The first kappa shape index (κ1) is 20.9. The zero-order valence-electron chi connectivity index (χ0n) is 19.0. The van der Waals surface area contributed by atoms with Gasteiger partial charge in [0, 0.05) is 41.3 Å². The van der Waals surface area contributed by atoms with Crippen LogP contribution in [0.25, 0.3) is 32.4 Å². The summed E-state index contributed by atoms with van der Waals surface area (Å²) in [4.78, 5) is 9.43. The number of fused-ring (bicyclic) bond motifs is 2. The van der Waals surface area contributed by atoms with E-state index in [1.54, 1.807) is 16.0 Å². The van der Waals surface area contributed by atoms with E-state index in [0.29, 0.717) is 11.6 Å². The second-order valence-electron chi connectivity index (χ2n) is 10.1. The Labute approximate surface area is 191 Å². The van der Waals surface area contributed by atoms with E-state index in [9.17, 15) is 5.26 Å². The van der Waals surface area contributed by atoms with Crippen molar-refractivity contribution in [3.63, 3.8) is 0 Å². The minimum absolute atomic E-state index is 0.0776. The van der Waals surface area contributed by atoms with E-state index in [-0.39, 0.29) is 11.1 Å². The minimum atomic E-state index is 0.0776. The molecule has 4 aromatic rings. The SMILES string of the molecule is Cn1cc2cc(-c3cc4sc(NC5CC(C)(C)NC(C)(C)C5)nc4cn3)cc(C#N)c2n1. The molecular formula is C24H27N7S. The number of thiazole rings is 1. The van der Waals surface area contributed by atoms with Crippen LogP contribution in [0.2, 0.25) is 0 Å². The van der Waals surface area contributed by atoms with E-state index >= 15 is 0 Å². The third-order valence-electron chi connectivity index (χ3n) is 5.93. The third kappa shape index (κ3) is 3.94. The van der Waals surface area contributed by atoms with Crippen molar-refractivity contribution >= 4 is 37.6 Å². The van der Waals surface area contributed by atoms with Gasteiger partial charge in [-0.2, -0.15) is 10.4 Å². The lowest BCUT2D eigenvalue weighted by atomic mass is 9.80. The van der Waals surface area contributed by atoms with Crippen LogP contribution in [0, 0.1) is 11.3 Å². The summed E-state index contributed by atoms with van der Waals surface area (Å²) in [6, 6.07) is 8.59. The molecule has 8 heteroatoms. The number of nitrogens with zero attached hydrogens (tertiary/aromatic N) is 5. The highest BCUT2D eigenvalue weighted by Crippen LogP contribution is 2.34. The second-order valence-corrected chi connectivity index (χ2v) is 11.1. The van der Waals surface area contributed by atoms with Crippen molar-refractivity contribution in [2.45, 2.75) is 57.7 Å². The summed E-state index contributed by atoms with van der Waals surface area (Å²) < 4.78 is 2.81. The van der Waals surface area contributed by atoms with Crippen LogP contribution in [0.4, 0.5) is 5.13 Å². The van der Waals surface area contributed by atoms with Crippen LogP contribution < -0.4 is 10.6 Å². The average Bonchev–Trinajstić information content (AvgIpc) is 3.25. The van der Waals surface area contributed by atoms with Gasteiger partial charge in [0.2, 0.25) is 0 Å². The molecule has 4 heterocycles. The Kier molecular flexibility index (Phi) is 4.73. The van der Waals surface area contributed by atoms with Crippen molar-refractivity contribution in [2.24, 2.45) is 7.05 Å². The van der Waals surface area contributed by atoms with E-state index in [0.717, 1.165) is 50.4 Å². The van der Waals surface area contributed by atoms with Crippen molar-refractivity contribution in [1.82, 2.24) is 25.1 Å². The Morgan fingerprint density at radius 2 is 1.94 bits per heavy atom. The molecule has 1 fully saturated rings. The van der Waals surface area contributed by atoms with Gasteiger partial charge >= 0.3 is 0 Å². The van der Waals surface area contributed by atoms with Gasteiger partial charge in [-0.05, 0) is 58.7 Å². The van der Waals surface area contributed by atoms with Gasteiger partial charge in [-0.1, -0.05) is 11.3 Å². The largest absolute Gasteiger partial charge is 0.359 e. The van der Waals surface area contributed by atoms with Gasteiger partial charge in [-0.25, -0.2) is 4.98 Å². The number of piperidine rings is 1. The molecule has 0 aliphatic carbocycles. The molecule has 0 unspecified atom stereocenters. The molecule has 1 saturated heterocycles. The number of hydrogen-bond donors (Lipinski definition) is 2. The first-order valence-corrected chi connectivity index (χ1v) is 11.6. The number of nitrogens with one attached hydrogen (secondary N) is 2. The topological polar surface area (TPSA) is 91.5 Å². The first-order valence-electron chi connectivity index (χ1n) is 10.8. The van der Waals surface area contributed by atoms with E-state index in [1.165, 1.54) is 0 Å². The van der Waals surface area contributed by atoms with Gasteiger partial charge in [-0.15, -0.1) is 0 Å². The Hall–Kier alpha value is -3.02. The molecule has 0 atom stereocenters. The van der Waals surface area contributed by atoms with Gasteiger partial charge in [0.1, 0.15) is 17.1 Å². The molecule has 7 nitrogen and oxygen atoms in total. The molecule has 3 aromatic heterocycles. The van der Waals surface area contributed by atoms with Crippen molar-refractivity contribution in [3.05, 3.63) is 36.2 Å². The summed E-state index contributed by atoms with van der Waals surface area (Å²) in [7, 11) is 1.86. The molecule has 0 spiro atoms. The predicted octanol–water partition coefficient (Wildman–Crippen LogP) is 4.84. The van der Waals surface area contributed by atoms with Crippen LogP contribution in [-0.4, -0.2) is 36.9 Å². The normalized spacial score (nSPS) is 18.1. The second kappa shape index (κ2) is 7.26. The standard InChI is InChI=1S/C24H27N7S/c1-23(2)9-17(10-24(3,4)30-23)27-22-28-19-12-26-18(8-20(19)32-22)14-6-15(11-25)21-16(7-14)13-31(5)29-21/h6-8,12-13,17,30H,9-10H2,1-5H3,(H,27,28). The van der Waals surface area contributed by atoms with E-state index in [2.05, 4.69) is 60.5 Å². The lowest BCUT2D eigenvalue weighted by molar-refractivity contribution is 0.170. The van der Waals surface area contributed by atoms with Gasteiger partial charge in [0.25, 0.3) is 0 Å². The quantitative estimate of drug-likeness (QED) is 0.469. The fraction of sp³-hybridized carbons (Fsp3) is 0.417. The smallest absolute Gasteiger partial charge is 0.184 e. The lowest BCUT2D eigenvalue weighted by Crippen LogP contribution is -2.60. The molecule has 164 valence electrons. The van der Waals surface area contributed by atoms with Crippen LogP contribution >= 0.6 is 11.3 Å². The summed E-state index contributed by atoms with van der Waals surface area (Å²) in [6.07, 6.45) is 5.83. The first-order chi connectivity index (χ1) is 15.1. The third-order valence-corrected chi connectivity index (χ3v) is 6.88. The van der Waals surface area contributed by atoms with E-state index < -0.39 is 0 Å². The fourth-order valence-corrected chi connectivity index (χ4v) is 6.09. The Balaban J connectivity index is 1.46. The number of aromatic nitrogens is 4. The van der Waals surface area contributed by atoms with Crippen LogP contribution in [0.15, 0.2) is 30.6 Å². The maximum atomic E-state index is 9.58. The van der Waals surface area contributed by atoms with Gasteiger partial charge in [0.15, 0.2) is 5.13 Å². The number of nitriles is 1. The number of pyridine rings is 1. The van der Waals surface area contributed by atoms with E-state index in [1.807, 2.05) is 31.6 Å². The zero-order chi connectivity index (χ0) is 22.7. The van der Waals surface area contributed by atoms with Gasteiger partial charge in [-0.3, -0.25) is 9.67 Å². The van der Waals surface area contributed by atoms with Crippen molar-refractivity contribution < 1.29 is 0 Å². The number of rotatable bonds is 3. The molecule has 32 heavy (non-hydrogen) atoms. The minimum Gasteiger partial charge on any atom is -0.359 e. The summed E-state index contributed by atoms with van der Waals surface area (Å²) in [6.45, 7) is 9.02. The van der Waals surface area contributed by atoms with Gasteiger partial charge < -0.3 is 10.6 Å². The molecule has 0 radical (unpaired) electrons. The molecule has 0 bridgehead atoms. The molecule has 1 aliphatic rings. The van der Waals surface area contributed by atoms with Crippen LogP contribution in [-0.2, 0) is 7.05 Å². The van der Waals surface area contributed by atoms with Crippen molar-refractivity contribution in [3.8, 4) is 17.3 Å². The fourth-order valence-electron chi connectivity index (χ4n) is 5.14. The molecule has 1 aliphatic heterocycles. The highest BCUT2D eigenvalue weighted by Gasteiger charge is 2.37. The van der Waals surface area contributed by atoms with Gasteiger partial charge in [0.05, 0.1) is 22.2 Å². The zero-order valence-corrected chi connectivity index (χ0v) is 19.8. The summed E-state index contributed by atoms with van der Waals surface area (Å²) >= 11 is 1.65. The molecule has 0 saturated carbocycles. The number of hydrogen-bond acceptors (Lipinski definition) is 7. The van der Waals surface area contributed by atoms with Crippen LogP contribution in [0.5, 0.6) is 0 Å². The van der Waals surface area contributed by atoms with Crippen LogP contribution in [0.3, 0.4) is 0 Å². The monoisotopic (exact) mass is 445 g/mol. The maximum Gasteiger partial charge on any atom is 0.184 e. The number of aryl methyl sites for hydroxylation is 1. The maximum absolute atomic E-state index is 9.58. The highest BCUT2D eigenvalue weighted by atomic mass is 32.1. The van der Waals surface area contributed by atoms with Crippen molar-refractivity contribution in [1.29, 1.82) is 5.26 Å². The summed E-state index contributed by atoms with van der Waals surface area (Å²) in [5.74, 6) is 0. The Morgan fingerprint density at radius 3 is 2.66 bits per heavy atom. The Morgan fingerprint density at radius 1 is 1.19 bits per heavy atom. The molecule has 0 amide bonds. The highest BCUT2D eigenvalue weighted by molar-refractivity contribution is 7.22. The summed E-state index contributed by atoms with van der Waals surface area (Å²) in [5, 5.41) is 23.2.